The molecule has 1 saturated heterocycles. The summed E-state index contributed by atoms with van der Waals surface area (Å²) in [6.07, 6.45) is 2.68. The number of anilines is 1. The molecule has 1 fully saturated rings. The molecule has 3 heterocycles. The molecule has 3 rings (SSSR count). The van der Waals surface area contributed by atoms with Crippen molar-refractivity contribution in [1.82, 2.24) is 19.1 Å². The second-order valence-corrected chi connectivity index (χ2v) is 9.91. The molecular weight excluding hydrogens is 386 g/mol. The number of carbonyl (C=O) groups excluding carboxylic acids is 1. The molecule has 27 heavy (non-hydrogen) atoms. The van der Waals surface area contributed by atoms with Gasteiger partial charge < -0.3 is 5.32 Å². The molecule has 0 bridgehead atoms. The van der Waals surface area contributed by atoms with Gasteiger partial charge in [-0.1, -0.05) is 13.8 Å². The molecule has 0 saturated carbocycles. The summed E-state index contributed by atoms with van der Waals surface area (Å²) in [4.78, 5) is 17.3. The molecule has 1 N–H and O–H groups in total. The van der Waals surface area contributed by atoms with Crippen LogP contribution in [0.25, 0.3) is 0 Å². The Kier molecular flexibility index (Phi) is 5.68. The number of piperidine rings is 1. The van der Waals surface area contributed by atoms with Crippen molar-refractivity contribution in [2.24, 2.45) is 13.0 Å². The summed E-state index contributed by atoms with van der Waals surface area (Å²) in [7, 11) is -1.95. The van der Waals surface area contributed by atoms with E-state index in [9.17, 15) is 13.2 Å². The second kappa shape index (κ2) is 7.69. The van der Waals surface area contributed by atoms with Gasteiger partial charge in [0.15, 0.2) is 5.13 Å². The number of aromatic nitrogens is 3. The van der Waals surface area contributed by atoms with Crippen LogP contribution in [-0.4, -0.2) is 46.5 Å². The minimum absolute atomic E-state index is 0.172. The lowest BCUT2D eigenvalue weighted by atomic mass is 9.99. The highest BCUT2D eigenvalue weighted by atomic mass is 32.2. The maximum atomic E-state index is 13.0. The lowest BCUT2D eigenvalue weighted by molar-refractivity contribution is -0.120. The molecule has 0 radical (unpaired) electrons. The molecule has 10 heteroatoms. The van der Waals surface area contributed by atoms with E-state index in [1.807, 2.05) is 19.2 Å². The Hall–Kier alpha value is -1.78. The number of amides is 1. The minimum atomic E-state index is -3.66. The van der Waals surface area contributed by atoms with E-state index >= 15 is 0 Å². The number of nitrogens with one attached hydrogen (secondary N) is 1. The van der Waals surface area contributed by atoms with E-state index in [0.717, 1.165) is 5.69 Å². The molecule has 0 aliphatic carbocycles. The van der Waals surface area contributed by atoms with Crippen molar-refractivity contribution in [3.05, 3.63) is 23.0 Å². The third-order valence-electron chi connectivity index (χ3n) is 4.91. The van der Waals surface area contributed by atoms with Gasteiger partial charge in [-0.25, -0.2) is 13.4 Å². The van der Waals surface area contributed by atoms with E-state index in [1.54, 1.807) is 14.0 Å². The van der Waals surface area contributed by atoms with Crippen LogP contribution in [0.4, 0.5) is 5.13 Å². The van der Waals surface area contributed by atoms with Gasteiger partial charge >= 0.3 is 0 Å². The first kappa shape index (κ1) is 20.0. The fraction of sp³-hybridized carbons (Fsp3) is 0.588. The van der Waals surface area contributed by atoms with Crippen LogP contribution in [0.3, 0.4) is 0 Å². The van der Waals surface area contributed by atoms with Crippen molar-refractivity contribution in [3.63, 3.8) is 0 Å². The molecule has 1 amide bonds. The van der Waals surface area contributed by atoms with Crippen LogP contribution < -0.4 is 5.32 Å². The SMILES string of the molecule is Cc1c(S(=O)(=O)N2CCC[C@@H](C(=O)Nc3nc(C(C)C)cs3)C2)cnn1C. The Morgan fingerprint density at radius 2 is 2.15 bits per heavy atom. The third kappa shape index (κ3) is 4.07. The van der Waals surface area contributed by atoms with Gasteiger partial charge in [0.05, 0.1) is 23.5 Å². The van der Waals surface area contributed by atoms with Crippen LogP contribution in [-0.2, 0) is 21.9 Å². The molecule has 1 atom stereocenters. The highest BCUT2D eigenvalue weighted by Gasteiger charge is 2.35. The molecule has 2 aromatic rings. The average Bonchev–Trinajstić information content (AvgIpc) is 3.23. The maximum absolute atomic E-state index is 13.0. The first-order chi connectivity index (χ1) is 12.7. The summed E-state index contributed by atoms with van der Waals surface area (Å²) in [5.74, 6) is -0.274. The highest BCUT2D eigenvalue weighted by molar-refractivity contribution is 7.89. The van der Waals surface area contributed by atoms with E-state index in [0.29, 0.717) is 36.1 Å². The van der Waals surface area contributed by atoms with Gasteiger partial charge in [-0.15, -0.1) is 11.3 Å². The van der Waals surface area contributed by atoms with Gasteiger partial charge in [0.25, 0.3) is 0 Å². The smallest absolute Gasteiger partial charge is 0.246 e. The number of carbonyl (C=O) groups is 1. The van der Waals surface area contributed by atoms with E-state index in [1.165, 1.54) is 26.5 Å². The number of hydrogen-bond donors (Lipinski definition) is 1. The highest BCUT2D eigenvalue weighted by Crippen LogP contribution is 2.27. The van der Waals surface area contributed by atoms with E-state index in [-0.39, 0.29) is 17.3 Å². The normalized spacial score (nSPS) is 18.8. The Bertz CT molecular complexity index is 932. The molecule has 0 unspecified atom stereocenters. The number of sulfonamides is 1. The first-order valence-electron chi connectivity index (χ1n) is 8.95. The molecule has 148 valence electrons. The molecule has 1 aliphatic heterocycles. The van der Waals surface area contributed by atoms with E-state index < -0.39 is 15.9 Å². The first-order valence-corrected chi connectivity index (χ1v) is 11.3. The number of nitrogens with zero attached hydrogens (tertiary/aromatic N) is 4. The van der Waals surface area contributed by atoms with Crippen molar-refractivity contribution >= 4 is 32.4 Å². The Labute approximate surface area is 163 Å². The van der Waals surface area contributed by atoms with Crippen molar-refractivity contribution in [2.45, 2.75) is 44.4 Å². The van der Waals surface area contributed by atoms with Crippen LogP contribution in [0, 0.1) is 12.8 Å². The molecule has 1 aliphatic rings. The van der Waals surface area contributed by atoms with Crippen molar-refractivity contribution < 1.29 is 13.2 Å². The summed E-state index contributed by atoms with van der Waals surface area (Å²) >= 11 is 1.39. The predicted octanol–water partition coefficient (Wildman–Crippen LogP) is 2.35. The molecule has 2 aromatic heterocycles. The number of aryl methyl sites for hydroxylation is 1. The van der Waals surface area contributed by atoms with Crippen LogP contribution >= 0.6 is 11.3 Å². The second-order valence-electron chi connectivity index (χ2n) is 7.14. The number of hydrogen-bond acceptors (Lipinski definition) is 6. The monoisotopic (exact) mass is 411 g/mol. The Morgan fingerprint density at radius 1 is 1.41 bits per heavy atom. The van der Waals surface area contributed by atoms with Crippen LogP contribution in [0.1, 0.15) is 44.0 Å². The maximum Gasteiger partial charge on any atom is 0.246 e. The fourth-order valence-electron chi connectivity index (χ4n) is 3.06. The molecule has 0 aromatic carbocycles. The van der Waals surface area contributed by atoms with Gasteiger partial charge in [0, 0.05) is 25.5 Å². The van der Waals surface area contributed by atoms with Gasteiger partial charge in [-0.2, -0.15) is 9.40 Å². The van der Waals surface area contributed by atoms with Gasteiger partial charge in [0.2, 0.25) is 15.9 Å². The van der Waals surface area contributed by atoms with Gasteiger partial charge in [0.1, 0.15) is 4.90 Å². The lowest BCUT2D eigenvalue weighted by Crippen LogP contribution is -2.43. The van der Waals surface area contributed by atoms with Crippen molar-refractivity contribution in [1.29, 1.82) is 0 Å². The summed E-state index contributed by atoms with van der Waals surface area (Å²) in [5, 5.41) is 9.37. The Balaban J connectivity index is 1.71. The molecule has 8 nitrogen and oxygen atoms in total. The van der Waals surface area contributed by atoms with Crippen molar-refractivity contribution in [3.8, 4) is 0 Å². The minimum Gasteiger partial charge on any atom is -0.302 e. The average molecular weight is 412 g/mol. The predicted molar refractivity (Wildman–Crippen MR) is 104 cm³/mol. The van der Waals surface area contributed by atoms with Gasteiger partial charge in [-0.3, -0.25) is 9.48 Å². The fourth-order valence-corrected chi connectivity index (χ4v) is 5.65. The Morgan fingerprint density at radius 3 is 2.74 bits per heavy atom. The standard InChI is InChI=1S/C17H25N5O3S2/c1-11(2)14-10-26-17(19-14)20-16(23)13-6-5-7-22(9-13)27(24,25)15-8-18-21(4)12(15)3/h8,10-11,13H,5-7,9H2,1-4H3,(H,19,20,23)/t13-/m1/s1. The zero-order valence-corrected chi connectivity index (χ0v) is 17.6. The summed E-state index contributed by atoms with van der Waals surface area (Å²) < 4.78 is 28.8. The van der Waals surface area contributed by atoms with Gasteiger partial charge in [-0.05, 0) is 25.7 Å². The van der Waals surface area contributed by atoms with Crippen LogP contribution in [0.5, 0.6) is 0 Å². The van der Waals surface area contributed by atoms with E-state index in [2.05, 4.69) is 15.4 Å². The lowest BCUT2D eigenvalue weighted by Gasteiger charge is -2.30. The zero-order valence-electron chi connectivity index (χ0n) is 16.0. The number of rotatable bonds is 5. The topological polar surface area (TPSA) is 97.2 Å². The largest absolute Gasteiger partial charge is 0.302 e. The summed E-state index contributed by atoms with van der Waals surface area (Å²) in [6.45, 7) is 6.40. The molecule has 0 spiro atoms. The van der Waals surface area contributed by atoms with E-state index in [4.69, 9.17) is 0 Å². The summed E-state index contributed by atoms with van der Waals surface area (Å²) in [6, 6.07) is 0. The molecular formula is C17H25N5O3S2. The summed E-state index contributed by atoms with van der Waals surface area (Å²) in [5.41, 5.74) is 1.53. The van der Waals surface area contributed by atoms with Crippen LogP contribution in [0.15, 0.2) is 16.5 Å². The van der Waals surface area contributed by atoms with Crippen molar-refractivity contribution in [2.75, 3.05) is 18.4 Å². The zero-order chi connectivity index (χ0) is 19.8. The third-order valence-corrected chi connectivity index (χ3v) is 7.65. The number of thiazole rings is 1. The van der Waals surface area contributed by atoms with Crippen LogP contribution in [0.2, 0.25) is 0 Å². The quantitative estimate of drug-likeness (QED) is 0.814.